The maximum Gasteiger partial charge on any atom is 0.112 e. The number of aromatic nitrogens is 2. The number of pyridine rings is 1. The number of aryl methyl sites for hydroxylation is 2. The summed E-state index contributed by atoms with van der Waals surface area (Å²) in [6.07, 6.45) is -0.0133. The summed E-state index contributed by atoms with van der Waals surface area (Å²) in [7, 11) is 0. The van der Waals surface area contributed by atoms with Crippen LogP contribution in [0.5, 0.6) is 0 Å². The molecule has 3 rings (SSSR count). The highest BCUT2D eigenvalue weighted by Gasteiger charge is 2.24. The first-order chi connectivity index (χ1) is 10.1. The van der Waals surface area contributed by atoms with Crippen LogP contribution in [0.15, 0.2) is 17.5 Å². The Morgan fingerprint density at radius 2 is 2.24 bits per heavy atom. The van der Waals surface area contributed by atoms with Crippen LogP contribution in [0, 0.1) is 13.8 Å². The van der Waals surface area contributed by atoms with E-state index in [9.17, 15) is 0 Å². The molecule has 1 aliphatic rings. The third-order valence-electron chi connectivity index (χ3n) is 3.53. The number of nitrogens with two attached hydrogens (primary N) is 1. The third-order valence-corrected chi connectivity index (χ3v) is 4.35. The molecule has 1 atom stereocenters. The number of rotatable bonds is 3. The smallest absolute Gasteiger partial charge is 0.112 e. The van der Waals surface area contributed by atoms with Gasteiger partial charge in [0.2, 0.25) is 0 Å². The molecule has 21 heavy (non-hydrogen) atoms. The first-order valence-corrected chi connectivity index (χ1v) is 7.97. The van der Waals surface area contributed by atoms with E-state index >= 15 is 0 Å². The minimum Gasteiger partial charge on any atom is -0.399 e. The van der Waals surface area contributed by atoms with Gasteiger partial charge in [0, 0.05) is 36.4 Å². The number of hydrogen-bond donors (Lipinski definition) is 1. The minimum absolute atomic E-state index is 0.0133. The summed E-state index contributed by atoms with van der Waals surface area (Å²) >= 11 is 1.70. The van der Waals surface area contributed by atoms with Crippen LogP contribution in [-0.4, -0.2) is 34.6 Å². The van der Waals surface area contributed by atoms with Crippen LogP contribution in [0.2, 0.25) is 0 Å². The summed E-state index contributed by atoms with van der Waals surface area (Å²) in [5.74, 6) is 0. The molecular formula is C15H20N4OS. The van der Waals surface area contributed by atoms with E-state index in [0.29, 0.717) is 6.61 Å². The van der Waals surface area contributed by atoms with E-state index in [2.05, 4.69) is 20.2 Å². The second kappa shape index (κ2) is 6.09. The molecule has 3 heterocycles. The molecule has 0 radical (unpaired) electrons. The molecule has 0 spiro atoms. The Balaban J connectivity index is 1.70. The van der Waals surface area contributed by atoms with Crippen LogP contribution >= 0.6 is 11.3 Å². The number of nitrogen functional groups attached to an aromatic ring is 1. The van der Waals surface area contributed by atoms with Crippen molar-refractivity contribution in [3.8, 4) is 0 Å². The monoisotopic (exact) mass is 304 g/mol. The molecule has 6 heteroatoms. The maximum atomic E-state index is 5.91. The summed E-state index contributed by atoms with van der Waals surface area (Å²) in [4.78, 5) is 11.5. The van der Waals surface area contributed by atoms with Gasteiger partial charge in [-0.2, -0.15) is 0 Å². The maximum absolute atomic E-state index is 5.91. The molecule has 0 unspecified atom stereocenters. The standard InChI is InChI=1S/C15H20N4OS/c1-10-5-12(16)6-14(17-10)15-8-19(3-4-20-15)7-13-9-21-11(2)18-13/h5-6,9,15H,3-4,7-8H2,1-2H3,(H2,16,17)/t15-/m1/s1. The Kier molecular flexibility index (Phi) is 4.19. The average molecular weight is 304 g/mol. The second-order valence-corrected chi connectivity index (χ2v) is 6.48. The molecule has 0 aromatic carbocycles. The van der Waals surface area contributed by atoms with Crippen LogP contribution < -0.4 is 5.73 Å². The molecule has 0 saturated carbocycles. The molecular weight excluding hydrogens is 284 g/mol. The van der Waals surface area contributed by atoms with Gasteiger partial charge in [-0.25, -0.2) is 4.98 Å². The zero-order valence-electron chi connectivity index (χ0n) is 12.4. The first kappa shape index (κ1) is 14.4. The highest BCUT2D eigenvalue weighted by Crippen LogP contribution is 2.24. The van der Waals surface area contributed by atoms with Crippen LogP contribution in [0.4, 0.5) is 5.69 Å². The zero-order chi connectivity index (χ0) is 14.8. The Bertz CT molecular complexity index is 608. The molecule has 0 bridgehead atoms. The van der Waals surface area contributed by atoms with Crippen molar-refractivity contribution in [2.24, 2.45) is 0 Å². The molecule has 1 fully saturated rings. The number of ether oxygens (including phenoxy) is 1. The second-order valence-electron chi connectivity index (χ2n) is 5.42. The van der Waals surface area contributed by atoms with Crippen LogP contribution in [0.1, 0.15) is 28.2 Å². The number of anilines is 1. The fraction of sp³-hybridized carbons (Fsp3) is 0.467. The van der Waals surface area contributed by atoms with Crippen molar-refractivity contribution < 1.29 is 4.74 Å². The van der Waals surface area contributed by atoms with Gasteiger partial charge in [-0.15, -0.1) is 11.3 Å². The fourth-order valence-corrected chi connectivity index (χ4v) is 3.23. The quantitative estimate of drug-likeness (QED) is 0.942. The van der Waals surface area contributed by atoms with Gasteiger partial charge in [0.05, 0.1) is 23.0 Å². The lowest BCUT2D eigenvalue weighted by molar-refractivity contribution is -0.0353. The average Bonchev–Trinajstić information content (AvgIpc) is 2.83. The number of hydrogen-bond acceptors (Lipinski definition) is 6. The summed E-state index contributed by atoms with van der Waals surface area (Å²) in [5.41, 5.74) is 9.64. The van der Waals surface area contributed by atoms with Crippen LogP contribution in [-0.2, 0) is 11.3 Å². The lowest BCUT2D eigenvalue weighted by Gasteiger charge is -2.32. The molecule has 0 aliphatic carbocycles. The molecule has 112 valence electrons. The van der Waals surface area contributed by atoms with Gasteiger partial charge in [-0.1, -0.05) is 0 Å². The van der Waals surface area contributed by atoms with E-state index in [1.807, 2.05) is 26.0 Å². The van der Waals surface area contributed by atoms with E-state index in [-0.39, 0.29) is 6.10 Å². The molecule has 0 amide bonds. The Morgan fingerprint density at radius 3 is 2.95 bits per heavy atom. The Labute approximate surface area is 128 Å². The lowest BCUT2D eigenvalue weighted by Crippen LogP contribution is -2.38. The van der Waals surface area contributed by atoms with Gasteiger partial charge in [0.1, 0.15) is 6.10 Å². The molecule has 2 aromatic heterocycles. The van der Waals surface area contributed by atoms with Gasteiger partial charge in [-0.3, -0.25) is 9.88 Å². The van der Waals surface area contributed by atoms with Crippen molar-refractivity contribution in [2.75, 3.05) is 25.4 Å². The van der Waals surface area contributed by atoms with E-state index in [1.165, 1.54) is 0 Å². The van der Waals surface area contributed by atoms with Crippen molar-refractivity contribution in [1.29, 1.82) is 0 Å². The minimum atomic E-state index is -0.0133. The van der Waals surface area contributed by atoms with Gasteiger partial charge < -0.3 is 10.5 Å². The molecule has 2 aromatic rings. The molecule has 2 N–H and O–H groups in total. The van der Waals surface area contributed by atoms with Crippen LogP contribution in [0.3, 0.4) is 0 Å². The van der Waals surface area contributed by atoms with Crippen molar-refractivity contribution in [3.05, 3.63) is 39.6 Å². The summed E-state index contributed by atoms with van der Waals surface area (Å²) < 4.78 is 5.87. The predicted molar refractivity (Wildman–Crippen MR) is 84.2 cm³/mol. The Hall–Kier alpha value is -1.50. The normalized spacial score (nSPS) is 19.8. The van der Waals surface area contributed by atoms with Gasteiger partial charge >= 0.3 is 0 Å². The van der Waals surface area contributed by atoms with E-state index in [1.54, 1.807) is 11.3 Å². The molecule has 5 nitrogen and oxygen atoms in total. The number of nitrogens with zero attached hydrogens (tertiary/aromatic N) is 3. The van der Waals surface area contributed by atoms with Crippen molar-refractivity contribution in [1.82, 2.24) is 14.9 Å². The predicted octanol–water partition coefficient (Wildman–Crippen LogP) is 2.31. The summed E-state index contributed by atoms with van der Waals surface area (Å²) in [5, 5.41) is 3.24. The SMILES string of the molecule is Cc1cc(N)cc([C@H]2CN(Cc3csc(C)n3)CCO2)n1. The van der Waals surface area contributed by atoms with E-state index in [0.717, 1.165) is 47.4 Å². The largest absolute Gasteiger partial charge is 0.399 e. The lowest BCUT2D eigenvalue weighted by atomic mass is 10.1. The Morgan fingerprint density at radius 1 is 1.38 bits per heavy atom. The van der Waals surface area contributed by atoms with Crippen molar-refractivity contribution in [3.63, 3.8) is 0 Å². The van der Waals surface area contributed by atoms with E-state index < -0.39 is 0 Å². The van der Waals surface area contributed by atoms with Gasteiger partial charge in [-0.05, 0) is 26.0 Å². The van der Waals surface area contributed by atoms with Gasteiger partial charge in [0.15, 0.2) is 0 Å². The topological polar surface area (TPSA) is 64.3 Å². The fourth-order valence-electron chi connectivity index (χ4n) is 2.62. The highest BCUT2D eigenvalue weighted by atomic mass is 32.1. The van der Waals surface area contributed by atoms with Gasteiger partial charge in [0.25, 0.3) is 0 Å². The van der Waals surface area contributed by atoms with E-state index in [4.69, 9.17) is 10.5 Å². The number of thiazole rings is 1. The highest BCUT2D eigenvalue weighted by molar-refractivity contribution is 7.09. The summed E-state index contributed by atoms with van der Waals surface area (Å²) in [6, 6.07) is 3.79. The molecule has 1 saturated heterocycles. The third kappa shape index (κ3) is 3.58. The zero-order valence-corrected chi connectivity index (χ0v) is 13.2. The number of morpholine rings is 1. The van der Waals surface area contributed by atoms with Crippen LogP contribution in [0.25, 0.3) is 0 Å². The van der Waals surface area contributed by atoms with Crippen molar-refractivity contribution >= 4 is 17.0 Å². The molecule has 1 aliphatic heterocycles. The summed E-state index contributed by atoms with van der Waals surface area (Å²) in [6.45, 7) is 7.32. The first-order valence-electron chi connectivity index (χ1n) is 7.09. The van der Waals surface area contributed by atoms with Crippen molar-refractivity contribution in [2.45, 2.75) is 26.5 Å².